The summed E-state index contributed by atoms with van der Waals surface area (Å²) in [5.41, 5.74) is 3.60. The number of hydrogen-bond acceptors (Lipinski definition) is 6. The number of aryl methyl sites for hydroxylation is 1. The molecule has 1 atom stereocenters. The van der Waals surface area contributed by atoms with Crippen LogP contribution in [0.1, 0.15) is 49.4 Å². The average molecular weight is 487 g/mol. The first-order valence-corrected chi connectivity index (χ1v) is 13.3. The summed E-state index contributed by atoms with van der Waals surface area (Å²) < 4.78 is 25.6. The summed E-state index contributed by atoms with van der Waals surface area (Å²) in [6, 6.07) is 10.3. The number of nitrogens with one attached hydrogen (secondary N) is 1. The van der Waals surface area contributed by atoms with Crippen molar-refractivity contribution in [1.82, 2.24) is 14.7 Å². The zero-order valence-corrected chi connectivity index (χ0v) is 20.4. The summed E-state index contributed by atoms with van der Waals surface area (Å²) in [7, 11) is -1.30. The molecular formula is C23H26N4O4S2. The van der Waals surface area contributed by atoms with E-state index in [2.05, 4.69) is 10.4 Å². The zero-order valence-electron chi connectivity index (χ0n) is 18.7. The van der Waals surface area contributed by atoms with Crippen molar-refractivity contribution in [3.8, 4) is 0 Å². The fraction of sp³-hybridized carbons (Fsp3) is 0.348. The molecule has 8 nitrogen and oxygen atoms in total. The number of thiophene rings is 1. The van der Waals surface area contributed by atoms with Crippen LogP contribution >= 0.6 is 11.3 Å². The lowest BCUT2D eigenvalue weighted by Crippen LogP contribution is -2.27. The molecule has 0 saturated carbocycles. The largest absolute Gasteiger partial charge is 0.337 e. The lowest BCUT2D eigenvalue weighted by Gasteiger charge is -2.19. The highest BCUT2D eigenvalue weighted by atomic mass is 32.2. The Bertz CT molecular complexity index is 1300. The van der Waals surface area contributed by atoms with E-state index in [0.717, 1.165) is 17.0 Å². The molecule has 174 valence electrons. The summed E-state index contributed by atoms with van der Waals surface area (Å²) >= 11 is 1.35. The smallest absolute Gasteiger partial charge is 0.265 e. The first-order chi connectivity index (χ1) is 15.6. The van der Waals surface area contributed by atoms with Gasteiger partial charge in [0, 0.05) is 36.1 Å². The van der Waals surface area contributed by atoms with Gasteiger partial charge in [-0.25, -0.2) is 8.42 Å². The van der Waals surface area contributed by atoms with Crippen molar-refractivity contribution in [2.75, 3.05) is 23.9 Å². The molecule has 1 fully saturated rings. The third-order valence-corrected chi connectivity index (χ3v) is 8.50. The zero-order chi connectivity index (χ0) is 23.8. The normalized spacial score (nSPS) is 17.1. The van der Waals surface area contributed by atoms with Crippen molar-refractivity contribution in [1.29, 1.82) is 0 Å². The number of anilines is 1. The lowest BCUT2D eigenvalue weighted by molar-refractivity contribution is 0.0784. The van der Waals surface area contributed by atoms with E-state index < -0.39 is 9.84 Å². The van der Waals surface area contributed by atoms with Crippen LogP contribution in [0.2, 0.25) is 0 Å². The Balaban J connectivity index is 1.48. The maximum atomic E-state index is 13.1. The van der Waals surface area contributed by atoms with E-state index >= 15 is 0 Å². The molecule has 0 radical (unpaired) electrons. The number of rotatable bonds is 6. The SMILES string of the molecule is Cc1nn([C@@H]2CCS(=O)(=O)C2)c(C)c1CN(C)C(=O)c1cccc(NC(=O)c2cccs2)c1. The average Bonchev–Trinajstić information content (AvgIpc) is 3.49. The molecule has 1 aliphatic heterocycles. The molecule has 1 aliphatic rings. The number of aromatic nitrogens is 2. The van der Waals surface area contributed by atoms with Crippen LogP contribution in [0.15, 0.2) is 41.8 Å². The van der Waals surface area contributed by atoms with Crippen LogP contribution in [-0.4, -0.2) is 53.5 Å². The molecule has 2 amide bonds. The van der Waals surface area contributed by atoms with Gasteiger partial charge in [-0.05, 0) is 49.9 Å². The van der Waals surface area contributed by atoms with Crippen molar-refractivity contribution in [3.63, 3.8) is 0 Å². The molecule has 1 saturated heterocycles. The van der Waals surface area contributed by atoms with Gasteiger partial charge in [-0.3, -0.25) is 14.3 Å². The second-order valence-corrected chi connectivity index (χ2v) is 11.5. The van der Waals surface area contributed by atoms with Crippen molar-refractivity contribution in [2.24, 2.45) is 0 Å². The van der Waals surface area contributed by atoms with Gasteiger partial charge in [0.1, 0.15) is 0 Å². The third kappa shape index (κ3) is 5.01. The molecule has 0 spiro atoms. The molecule has 0 aliphatic carbocycles. The maximum absolute atomic E-state index is 13.1. The fourth-order valence-electron chi connectivity index (χ4n) is 4.11. The van der Waals surface area contributed by atoms with Crippen LogP contribution in [0.5, 0.6) is 0 Å². The quantitative estimate of drug-likeness (QED) is 0.575. The highest BCUT2D eigenvalue weighted by Gasteiger charge is 2.31. The van der Waals surface area contributed by atoms with Crippen molar-refractivity contribution in [2.45, 2.75) is 32.9 Å². The van der Waals surface area contributed by atoms with Gasteiger partial charge in [0.05, 0.1) is 28.1 Å². The fourth-order valence-corrected chi connectivity index (χ4v) is 6.42. The van der Waals surface area contributed by atoms with Gasteiger partial charge in [-0.1, -0.05) is 12.1 Å². The second-order valence-electron chi connectivity index (χ2n) is 8.32. The molecule has 33 heavy (non-hydrogen) atoms. The van der Waals surface area contributed by atoms with Crippen molar-refractivity contribution < 1.29 is 18.0 Å². The summed E-state index contributed by atoms with van der Waals surface area (Å²) in [5, 5.41) is 9.24. The van der Waals surface area contributed by atoms with Crippen LogP contribution < -0.4 is 5.32 Å². The van der Waals surface area contributed by atoms with Crippen LogP contribution in [-0.2, 0) is 16.4 Å². The van der Waals surface area contributed by atoms with Crippen molar-refractivity contribution >= 4 is 38.7 Å². The monoisotopic (exact) mass is 486 g/mol. The van der Waals surface area contributed by atoms with E-state index in [0.29, 0.717) is 29.1 Å². The molecule has 0 unspecified atom stereocenters. The minimum Gasteiger partial charge on any atom is -0.337 e. The standard InChI is InChI=1S/C23H26N4O4S2/c1-15-20(16(2)27(25-15)19-9-11-33(30,31)14-19)13-26(3)23(29)17-6-4-7-18(12-17)24-22(28)21-8-5-10-32-21/h4-8,10,12,19H,9,11,13-14H2,1-3H3,(H,24,28)/t19-/m1/s1. The number of hydrogen-bond donors (Lipinski definition) is 1. The minimum absolute atomic E-state index is 0.104. The van der Waals surface area contributed by atoms with Gasteiger partial charge >= 0.3 is 0 Å². The number of carbonyl (C=O) groups excluding carboxylic acids is 2. The number of benzene rings is 1. The molecule has 3 aromatic rings. The summed E-state index contributed by atoms with van der Waals surface area (Å²) in [5.74, 6) is -0.108. The maximum Gasteiger partial charge on any atom is 0.265 e. The number of carbonyl (C=O) groups is 2. The Morgan fingerprint density at radius 1 is 1.24 bits per heavy atom. The van der Waals surface area contributed by atoms with E-state index in [4.69, 9.17) is 0 Å². The molecular weight excluding hydrogens is 460 g/mol. The molecule has 0 bridgehead atoms. The molecule has 2 aromatic heterocycles. The predicted molar refractivity (Wildman–Crippen MR) is 129 cm³/mol. The van der Waals surface area contributed by atoms with E-state index in [1.165, 1.54) is 11.3 Å². The number of sulfone groups is 1. The van der Waals surface area contributed by atoms with Gasteiger partial charge < -0.3 is 10.2 Å². The number of nitrogens with zero attached hydrogens (tertiary/aromatic N) is 3. The summed E-state index contributed by atoms with van der Waals surface area (Å²) in [6.07, 6.45) is 0.558. The van der Waals surface area contributed by atoms with E-state index in [-0.39, 0.29) is 29.4 Å². The molecule has 3 heterocycles. The van der Waals surface area contributed by atoms with Gasteiger partial charge in [0.25, 0.3) is 11.8 Å². The highest BCUT2D eigenvalue weighted by molar-refractivity contribution is 7.91. The molecule has 4 rings (SSSR count). The summed E-state index contributed by atoms with van der Waals surface area (Å²) in [6.45, 7) is 4.14. The Hall–Kier alpha value is -2.98. The Morgan fingerprint density at radius 2 is 2.03 bits per heavy atom. The van der Waals surface area contributed by atoms with E-state index in [1.54, 1.807) is 47.0 Å². The van der Waals surface area contributed by atoms with Crippen LogP contribution in [0.4, 0.5) is 5.69 Å². The van der Waals surface area contributed by atoms with Gasteiger partial charge in [0.2, 0.25) is 0 Å². The highest BCUT2D eigenvalue weighted by Crippen LogP contribution is 2.27. The molecule has 10 heteroatoms. The Morgan fingerprint density at radius 3 is 2.70 bits per heavy atom. The first-order valence-electron chi connectivity index (χ1n) is 10.6. The third-order valence-electron chi connectivity index (χ3n) is 5.88. The van der Waals surface area contributed by atoms with E-state index in [9.17, 15) is 18.0 Å². The predicted octanol–water partition coefficient (Wildman–Crippen LogP) is 3.45. The topological polar surface area (TPSA) is 101 Å². The second kappa shape index (κ2) is 9.11. The van der Waals surface area contributed by atoms with Gasteiger partial charge in [0.15, 0.2) is 9.84 Å². The van der Waals surface area contributed by atoms with Crippen LogP contribution in [0.25, 0.3) is 0 Å². The molecule has 1 aromatic carbocycles. The summed E-state index contributed by atoms with van der Waals surface area (Å²) in [4.78, 5) is 27.6. The Kier molecular flexibility index (Phi) is 6.40. The molecule has 1 N–H and O–H groups in total. The lowest BCUT2D eigenvalue weighted by atomic mass is 10.1. The van der Waals surface area contributed by atoms with Gasteiger partial charge in [-0.2, -0.15) is 5.10 Å². The van der Waals surface area contributed by atoms with Crippen LogP contribution in [0, 0.1) is 13.8 Å². The first kappa shape index (κ1) is 23.2. The minimum atomic E-state index is -3.02. The van der Waals surface area contributed by atoms with Crippen LogP contribution in [0.3, 0.4) is 0 Å². The van der Waals surface area contributed by atoms with Gasteiger partial charge in [-0.15, -0.1) is 11.3 Å². The van der Waals surface area contributed by atoms with Crippen molar-refractivity contribution in [3.05, 3.63) is 69.2 Å². The Labute approximate surface area is 197 Å². The van der Waals surface area contributed by atoms with E-state index in [1.807, 2.05) is 25.3 Å². The number of amides is 2.